The SMILES string of the molecule is Cc1ccc(CN(C)C(=O)COc2ccc(C)cc2[N+](=O)[O-])cc1. The Morgan fingerprint density at radius 2 is 1.75 bits per heavy atom. The van der Waals surface area contributed by atoms with Crippen molar-refractivity contribution in [2.24, 2.45) is 0 Å². The number of hydrogen-bond donors (Lipinski definition) is 0. The van der Waals surface area contributed by atoms with Gasteiger partial charge in [-0.1, -0.05) is 35.9 Å². The van der Waals surface area contributed by atoms with Crippen molar-refractivity contribution in [3.05, 3.63) is 69.3 Å². The molecule has 6 nitrogen and oxygen atoms in total. The molecule has 0 bridgehead atoms. The van der Waals surface area contributed by atoms with Gasteiger partial charge in [0, 0.05) is 19.7 Å². The number of nitro groups is 1. The fourth-order valence-corrected chi connectivity index (χ4v) is 2.20. The number of amides is 1. The first kappa shape index (κ1) is 17.5. The van der Waals surface area contributed by atoms with E-state index in [0.29, 0.717) is 6.54 Å². The number of ether oxygens (including phenoxy) is 1. The molecular weight excluding hydrogens is 308 g/mol. The van der Waals surface area contributed by atoms with Crippen LogP contribution >= 0.6 is 0 Å². The molecule has 0 N–H and O–H groups in total. The van der Waals surface area contributed by atoms with E-state index < -0.39 is 4.92 Å². The van der Waals surface area contributed by atoms with Gasteiger partial charge in [0.1, 0.15) is 0 Å². The van der Waals surface area contributed by atoms with Crippen LogP contribution in [0.3, 0.4) is 0 Å². The van der Waals surface area contributed by atoms with Crippen LogP contribution in [0.5, 0.6) is 5.75 Å². The van der Waals surface area contributed by atoms with Gasteiger partial charge in [0.05, 0.1) is 4.92 Å². The van der Waals surface area contributed by atoms with Crippen molar-refractivity contribution >= 4 is 11.6 Å². The summed E-state index contributed by atoms with van der Waals surface area (Å²) in [4.78, 5) is 24.2. The number of hydrogen-bond acceptors (Lipinski definition) is 4. The standard InChI is InChI=1S/C18H20N2O4/c1-13-4-7-15(8-5-13)11-19(3)18(21)12-24-17-9-6-14(2)10-16(17)20(22)23/h4-10H,11-12H2,1-3H3. The van der Waals surface area contributed by atoms with E-state index in [4.69, 9.17) is 4.74 Å². The monoisotopic (exact) mass is 328 g/mol. The van der Waals surface area contributed by atoms with Gasteiger partial charge < -0.3 is 9.64 Å². The zero-order valence-electron chi connectivity index (χ0n) is 14.0. The first-order chi connectivity index (χ1) is 11.4. The molecule has 6 heteroatoms. The lowest BCUT2D eigenvalue weighted by Crippen LogP contribution is -2.31. The molecule has 0 spiro atoms. The van der Waals surface area contributed by atoms with E-state index in [1.165, 1.54) is 17.0 Å². The molecule has 2 aromatic carbocycles. The minimum Gasteiger partial charge on any atom is -0.477 e. The molecule has 1 amide bonds. The summed E-state index contributed by atoms with van der Waals surface area (Å²) in [6.45, 7) is 3.98. The summed E-state index contributed by atoms with van der Waals surface area (Å²) >= 11 is 0. The third-order valence-corrected chi connectivity index (χ3v) is 3.63. The highest BCUT2D eigenvalue weighted by Crippen LogP contribution is 2.27. The maximum atomic E-state index is 12.2. The van der Waals surface area contributed by atoms with Crippen LogP contribution in [-0.4, -0.2) is 29.4 Å². The van der Waals surface area contributed by atoms with E-state index >= 15 is 0 Å². The highest BCUT2D eigenvalue weighted by atomic mass is 16.6. The third-order valence-electron chi connectivity index (χ3n) is 3.63. The van der Waals surface area contributed by atoms with E-state index in [0.717, 1.165) is 16.7 Å². The molecule has 0 saturated carbocycles. The van der Waals surface area contributed by atoms with Crippen molar-refractivity contribution in [2.45, 2.75) is 20.4 Å². The van der Waals surface area contributed by atoms with Gasteiger partial charge in [-0.2, -0.15) is 0 Å². The Hall–Kier alpha value is -2.89. The smallest absolute Gasteiger partial charge is 0.311 e. The van der Waals surface area contributed by atoms with Gasteiger partial charge in [-0.05, 0) is 31.0 Å². The minimum atomic E-state index is -0.511. The van der Waals surface area contributed by atoms with E-state index in [1.807, 2.05) is 31.2 Å². The lowest BCUT2D eigenvalue weighted by Gasteiger charge is -2.17. The van der Waals surface area contributed by atoms with Crippen LogP contribution in [0.2, 0.25) is 0 Å². The quantitative estimate of drug-likeness (QED) is 0.603. The highest BCUT2D eigenvalue weighted by Gasteiger charge is 2.17. The number of likely N-dealkylation sites (N-methyl/N-ethyl adjacent to an activating group) is 1. The lowest BCUT2D eigenvalue weighted by molar-refractivity contribution is -0.385. The molecular formula is C18H20N2O4. The molecule has 0 atom stereocenters. The molecule has 0 heterocycles. The molecule has 0 aliphatic carbocycles. The highest BCUT2D eigenvalue weighted by molar-refractivity contribution is 5.77. The van der Waals surface area contributed by atoms with E-state index in [2.05, 4.69) is 0 Å². The number of carbonyl (C=O) groups is 1. The largest absolute Gasteiger partial charge is 0.477 e. The molecule has 0 radical (unpaired) electrons. The van der Waals surface area contributed by atoms with Crippen LogP contribution in [0.15, 0.2) is 42.5 Å². The van der Waals surface area contributed by atoms with Gasteiger partial charge in [-0.25, -0.2) is 0 Å². The van der Waals surface area contributed by atoms with Crippen LogP contribution in [-0.2, 0) is 11.3 Å². The molecule has 2 aromatic rings. The molecule has 0 aromatic heterocycles. The van der Waals surface area contributed by atoms with Gasteiger partial charge in [0.25, 0.3) is 5.91 Å². The summed E-state index contributed by atoms with van der Waals surface area (Å²) in [5, 5.41) is 11.1. The Morgan fingerprint density at radius 1 is 1.12 bits per heavy atom. The molecule has 0 aliphatic rings. The topological polar surface area (TPSA) is 72.7 Å². The second-order valence-electron chi connectivity index (χ2n) is 5.75. The molecule has 2 rings (SSSR count). The number of nitrogens with zero attached hydrogens (tertiary/aromatic N) is 2. The summed E-state index contributed by atoms with van der Waals surface area (Å²) in [5.41, 5.74) is 2.79. The lowest BCUT2D eigenvalue weighted by atomic mass is 10.1. The minimum absolute atomic E-state index is 0.0997. The van der Waals surface area contributed by atoms with Crippen molar-refractivity contribution in [3.63, 3.8) is 0 Å². The number of benzene rings is 2. The summed E-state index contributed by atoms with van der Waals surface area (Å²) in [6, 6.07) is 12.6. The second-order valence-corrected chi connectivity index (χ2v) is 5.75. The van der Waals surface area contributed by atoms with Gasteiger partial charge >= 0.3 is 5.69 Å². The number of rotatable bonds is 6. The normalized spacial score (nSPS) is 10.3. The number of nitro benzene ring substituents is 1. The molecule has 24 heavy (non-hydrogen) atoms. The Bertz CT molecular complexity index is 741. The van der Waals surface area contributed by atoms with E-state index in [-0.39, 0.29) is 24.0 Å². The van der Waals surface area contributed by atoms with Crippen LogP contribution < -0.4 is 4.74 Å². The summed E-state index contributed by atoms with van der Waals surface area (Å²) < 4.78 is 5.36. The van der Waals surface area contributed by atoms with Gasteiger partial charge in [0.2, 0.25) is 0 Å². The Kier molecular flexibility index (Phi) is 5.52. The Balaban J connectivity index is 1.97. The number of carbonyl (C=O) groups excluding carboxylic acids is 1. The van der Waals surface area contributed by atoms with Crippen LogP contribution in [0.25, 0.3) is 0 Å². The zero-order chi connectivity index (χ0) is 17.7. The summed E-state index contributed by atoms with van der Waals surface area (Å²) in [5.74, 6) is -0.145. The average Bonchev–Trinajstić information content (AvgIpc) is 2.55. The fourth-order valence-electron chi connectivity index (χ4n) is 2.20. The molecule has 0 saturated heterocycles. The fraction of sp³-hybridized carbons (Fsp3) is 0.278. The van der Waals surface area contributed by atoms with Crippen LogP contribution in [0.4, 0.5) is 5.69 Å². The average molecular weight is 328 g/mol. The molecule has 0 aliphatic heterocycles. The van der Waals surface area contributed by atoms with Crippen molar-refractivity contribution in [1.82, 2.24) is 4.90 Å². The molecule has 0 unspecified atom stereocenters. The third kappa shape index (κ3) is 4.55. The van der Waals surface area contributed by atoms with Gasteiger partial charge in [0.15, 0.2) is 12.4 Å². The van der Waals surface area contributed by atoms with Crippen LogP contribution in [0, 0.1) is 24.0 Å². The van der Waals surface area contributed by atoms with Gasteiger partial charge in [-0.3, -0.25) is 14.9 Å². The maximum absolute atomic E-state index is 12.2. The van der Waals surface area contributed by atoms with E-state index in [9.17, 15) is 14.9 Å². The Labute approximate surface area is 140 Å². The maximum Gasteiger partial charge on any atom is 0.311 e. The summed E-state index contributed by atoms with van der Waals surface area (Å²) in [7, 11) is 1.68. The first-order valence-corrected chi connectivity index (χ1v) is 7.54. The van der Waals surface area contributed by atoms with Crippen LogP contribution in [0.1, 0.15) is 16.7 Å². The van der Waals surface area contributed by atoms with Crippen molar-refractivity contribution < 1.29 is 14.5 Å². The first-order valence-electron chi connectivity index (χ1n) is 7.54. The van der Waals surface area contributed by atoms with Crippen molar-refractivity contribution in [3.8, 4) is 5.75 Å². The van der Waals surface area contributed by atoms with E-state index in [1.54, 1.807) is 20.0 Å². The predicted octanol–water partition coefficient (Wildman–Crippen LogP) is 3.25. The Morgan fingerprint density at radius 3 is 2.38 bits per heavy atom. The molecule has 126 valence electrons. The van der Waals surface area contributed by atoms with Crippen molar-refractivity contribution in [1.29, 1.82) is 0 Å². The second kappa shape index (κ2) is 7.59. The number of aryl methyl sites for hydroxylation is 2. The van der Waals surface area contributed by atoms with Crippen molar-refractivity contribution in [2.75, 3.05) is 13.7 Å². The zero-order valence-corrected chi connectivity index (χ0v) is 14.0. The summed E-state index contributed by atoms with van der Waals surface area (Å²) in [6.07, 6.45) is 0. The van der Waals surface area contributed by atoms with Gasteiger partial charge in [-0.15, -0.1) is 0 Å². The molecule has 0 fully saturated rings. The predicted molar refractivity (Wildman–Crippen MR) is 91.0 cm³/mol.